The fraction of sp³-hybridized carbons (Fsp3) is 0.923. The topological polar surface area (TPSA) is 58.6 Å². The van der Waals surface area contributed by atoms with E-state index < -0.39 is 12.2 Å². The standard InChI is InChI=1S/C13H27NO3/c1-10(2)7-6-8-11(9-15)17-12(16)14-13(3,4)5/h10-11,15H,6-9H2,1-5H3,(H,14,16)/t11-/m0/s1. The second-order valence-electron chi connectivity index (χ2n) is 5.91. The van der Waals surface area contributed by atoms with Crippen molar-refractivity contribution in [2.75, 3.05) is 6.61 Å². The quantitative estimate of drug-likeness (QED) is 0.756. The first-order valence-corrected chi connectivity index (χ1v) is 6.34. The fourth-order valence-corrected chi connectivity index (χ4v) is 1.43. The summed E-state index contributed by atoms with van der Waals surface area (Å²) >= 11 is 0. The van der Waals surface area contributed by atoms with Crippen LogP contribution in [0.2, 0.25) is 0 Å². The van der Waals surface area contributed by atoms with Gasteiger partial charge in [0, 0.05) is 5.54 Å². The summed E-state index contributed by atoms with van der Waals surface area (Å²) < 4.78 is 5.16. The Morgan fingerprint density at radius 2 is 1.88 bits per heavy atom. The van der Waals surface area contributed by atoms with Crippen LogP contribution in [-0.4, -0.2) is 29.4 Å². The zero-order chi connectivity index (χ0) is 13.5. The summed E-state index contributed by atoms with van der Waals surface area (Å²) in [5.41, 5.74) is -0.310. The molecule has 0 saturated heterocycles. The first-order chi connectivity index (χ1) is 7.74. The molecule has 102 valence electrons. The number of rotatable bonds is 6. The first kappa shape index (κ1) is 16.2. The molecule has 4 nitrogen and oxygen atoms in total. The number of nitrogens with one attached hydrogen (secondary N) is 1. The number of amides is 1. The van der Waals surface area contributed by atoms with Gasteiger partial charge in [0.2, 0.25) is 0 Å². The van der Waals surface area contributed by atoms with Gasteiger partial charge >= 0.3 is 6.09 Å². The van der Waals surface area contributed by atoms with Crippen molar-refractivity contribution >= 4 is 6.09 Å². The van der Waals surface area contributed by atoms with Gasteiger partial charge in [-0.1, -0.05) is 20.3 Å². The highest BCUT2D eigenvalue weighted by atomic mass is 16.6. The lowest BCUT2D eigenvalue weighted by atomic mass is 10.0. The van der Waals surface area contributed by atoms with E-state index in [0.29, 0.717) is 12.3 Å². The maximum Gasteiger partial charge on any atom is 0.407 e. The predicted molar refractivity (Wildman–Crippen MR) is 68.9 cm³/mol. The number of aliphatic hydroxyl groups excluding tert-OH is 1. The third-order valence-electron chi connectivity index (χ3n) is 2.26. The molecular formula is C13H27NO3. The Morgan fingerprint density at radius 3 is 2.29 bits per heavy atom. The van der Waals surface area contributed by atoms with Crippen molar-refractivity contribution in [3.8, 4) is 0 Å². The SMILES string of the molecule is CC(C)CCC[C@@H](CO)OC(=O)NC(C)(C)C. The zero-order valence-electron chi connectivity index (χ0n) is 11.7. The largest absolute Gasteiger partial charge is 0.444 e. The Bertz CT molecular complexity index is 221. The summed E-state index contributed by atoms with van der Waals surface area (Å²) in [4.78, 5) is 11.5. The summed E-state index contributed by atoms with van der Waals surface area (Å²) in [7, 11) is 0. The minimum Gasteiger partial charge on any atom is -0.444 e. The van der Waals surface area contributed by atoms with Crippen LogP contribution in [0.15, 0.2) is 0 Å². The molecule has 0 bridgehead atoms. The maximum atomic E-state index is 11.5. The van der Waals surface area contributed by atoms with Crippen molar-refractivity contribution in [2.45, 2.75) is 65.5 Å². The average Bonchev–Trinajstić information content (AvgIpc) is 2.12. The number of hydrogen-bond acceptors (Lipinski definition) is 3. The van der Waals surface area contributed by atoms with E-state index in [1.54, 1.807) is 0 Å². The van der Waals surface area contributed by atoms with Gasteiger partial charge in [0.05, 0.1) is 6.61 Å². The predicted octanol–water partition coefficient (Wildman–Crippen LogP) is 2.70. The number of aliphatic hydroxyl groups is 1. The highest BCUT2D eigenvalue weighted by Crippen LogP contribution is 2.11. The van der Waals surface area contributed by atoms with Crippen molar-refractivity contribution in [3.05, 3.63) is 0 Å². The van der Waals surface area contributed by atoms with Crippen molar-refractivity contribution in [3.63, 3.8) is 0 Å². The van der Waals surface area contributed by atoms with E-state index in [4.69, 9.17) is 9.84 Å². The van der Waals surface area contributed by atoms with Gasteiger partial charge in [-0.15, -0.1) is 0 Å². The van der Waals surface area contributed by atoms with Crippen LogP contribution < -0.4 is 5.32 Å². The normalized spacial score (nSPS) is 13.6. The second-order valence-corrected chi connectivity index (χ2v) is 5.91. The van der Waals surface area contributed by atoms with Crippen molar-refractivity contribution < 1.29 is 14.6 Å². The van der Waals surface area contributed by atoms with Gasteiger partial charge in [-0.2, -0.15) is 0 Å². The van der Waals surface area contributed by atoms with E-state index in [2.05, 4.69) is 19.2 Å². The van der Waals surface area contributed by atoms with Crippen molar-refractivity contribution in [1.29, 1.82) is 0 Å². The molecule has 0 aromatic rings. The molecule has 0 saturated carbocycles. The molecule has 0 aliphatic rings. The zero-order valence-corrected chi connectivity index (χ0v) is 11.7. The maximum absolute atomic E-state index is 11.5. The lowest BCUT2D eigenvalue weighted by Gasteiger charge is -2.23. The highest BCUT2D eigenvalue weighted by Gasteiger charge is 2.18. The Hall–Kier alpha value is -0.770. The Balaban J connectivity index is 3.92. The third kappa shape index (κ3) is 10.1. The van der Waals surface area contributed by atoms with Gasteiger partial charge in [-0.3, -0.25) is 0 Å². The molecule has 0 aliphatic heterocycles. The summed E-state index contributed by atoms with van der Waals surface area (Å²) in [6.45, 7) is 9.86. The lowest BCUT2D eigenvalue weighted by molar-refractivity contribution is 0.0471. The van der Waals surface area contributed by atoms with Gasteiger partial charge in [0.25, 0.3) is 0 Å². The summed E-state index contributed by atoms with van der Waals surface area (Å²) in [5, 5.41) is 11.8. The molecule has 17 heavy (non-hydrogen) atoms. The smallest absolute Gasteiger partial charge is 0.407 e. The minimum absolute atomic E-state index is 0.115. The van der Waals surface area contributed by atoms with Gasteiger partial charge in [0.15, 0.2) is 0 Å². The van der Waals surface area contributed by atoms with Crippen LogP contribution in [0.5, 0.6) is 0 Å². The minimum atomic E-state index is -0.457. The van der Waals surface area contributed by atoms with E-state index in [1.807, 2.05) is 20.8 Å². The van der Waals surface area contributed by atoms with Crippen LogP contribution in [0.25, 0.3) is 0 Å². The fourth-order valence-electron chi connectivity index (χ4n) is 1.43. The lowest BCUT2D eigenvalue weighted by Crippen LogP contribution is -2.42. The molecule has 0 unspecified atom stereocenters. The van der Waals surface area contributed by atoms with Crippen LogP contribution in [-0.2, 0) is 4.74 Å². The van der Waals surface area contributed by atoms with Crippen LogP contribution in [0.3, 0.4) is 0 Å². The molecule has 0 heterocycles. The summed E-state index contributed by atoms with van der Waals surface area (Å²) in [6, 6.07) is 0. The Morgan fingerprint density at radius 1 is 1.29 bits per heavy atom. The molecule has 1 atom stereocenters. The van der Waals surface area contributed by atoms with Gasteiger partial charge < -0.3 is 15.2 Å². The van der Waals surface area contributed by atoms with E-state index in [0.717, 1.165) is 12.8 Å². The number of ether oxygens (including phenoxy) is 1. The van der Waals surface area contributed by atoms with Crippen LogP contribution in [0, 0.1) is 5.92 Å². The molecule has 4 heteroatoms. The van der Waals surface area contributed by atoms with Crippen molar-refractivity contribution in [2.24, 2.45) is 5.92 Å². The van der Waals surface area contributed by atoms with Gasteiger partial charge in [0.1, 0.15) is 6.10 Å². The molecular weight excluding hydrogens is 218 g/mol. The average molecular weight is 245 g/mol. The van der Waals surface area contributed by atoms with E-state index >= 15 is 0 Å². The van der Waals surface area contributed by atoms with Crippen LogP contribution >= 0.6 is 0 Å². The third-order valence-corrected chi connectivity index (χ3v) is 2.26. The van der Waals surface area contributed by atoms with Crippen molar-refractivity contribution in [1.82, 2.24) is 5.32 Å². The molecule has 1 amide bonds. The summed E-state index contributed by atoms with van der Waals surface area (Å²) in [5.74, 6) is 0.637. The number of carbonyl (C=O) groups excluding carboxylic acids is 1. The molecule has 0 aliphatic carbocycles. The first-order valence-electron chi connectivity index (χ1n) is 6.34. The van der Waals surface area contributed by atoms with E-state index in [-0.39, 0.29) is 12.1 Å². The van der Waals surface area contributed by atoms with E-state index in [1.165, 1.54) is 0 Å². The number of carbonyl (C=O) groups is 1. The second kappa shape index (κ2) is 7.54. The Labute approximate surface area is 105 Å². The van der Waals surface area contributed by atoms with Crippen LogP contribution in [0.1, 0.15) is 53.9 Å². The molecule has 0 radical (unpaired) electrons. The number of hydrogen-bond donors (Lipinski definition) is 2. The monoisotopic (exact) mass is 245 g/mol. The summed E-state index contributed by atoms with van der Waals surface area (Å²) in [6.07, 6.45) is 1.91. The molecule has 0 fully saturated rings. The Kier molecular flexibility index (Phi) is 7.19. The highest BCUT2D eigenvalue weighted by molar-refractivity contribution is 5.68. The molecule has 0 aromatic carbocycles. The molecule has 2 N–H and O–H groups in total. The van der Waals surface area contributed by atoms with Gasteiger partial charge in [-0.25, -0.2) is 4.79 Å². The van der Waals surface area contributed by atoms with Gasteiger partial charge in [-0.05, 0) is 39.5 Å². The number of alkyl carbamates (subject to hydrolysis) is 1. The molecule has 0 rings (SSSR count). The molecule has 0 spiro atoms. The van der Waals surface area contributed by atoms with E-state index in [9.17, 15) is 4.79 Å². The van der Waals surface area contributed by atoms with Crippen LogP contribution in [0.4, 0.5) is 4.79 Å². The molecule has 0 aromatic heterocycles.